The number of halogens is 1. The number of likely N-dealkylation sites (tertiary alicyclic amines) is 1. The van der Waals surface area contributed by atoms with Gasteiger partial charge in [-0.05, 0) is 119 Å². The van der Waals surface area contributed by atoms with Crippen molar-refractivity contribution in [1.29, 1.82) is 5.26 Å². The topological polar surface area (TPSA) is 86.3 Å². The number of benzene rings is 1. The third kappa shape index (κ3) is 8.30. The lowest BCUT2D eigenvalue weighted by Gasteiger charge is -2.39. The lowest BCUT2D eigenvalue weighted by atomic mass is 9.92. The Kier molecular flexibility index (Phi) is 10.8. The Balaban J connectivity index is 0.000000340. The van der Waals surface area contributed by atoms with E-state index in [1.807, 2.05) is 24.3 Å². The highest BCUT2D eigenvalue weighted by Crippen LogP contribution is 2.46. The molecule has 4 heterocycles. The predicted molar refractivity (Wildman–Crippen MR) is 185 cm³/mol. The van der Waals surface area contributed by atoms with E-state index >= 15 is 0 Å². The third-order valence-corrected chi connectivity index (χ3v) is 9.04. The fourth-order valence-corrected chi connectivity index (χ4v) is 6.25. The second-order valence-electron chi connectivity index (χ2n) is 12.5. The van der Waals surface area contributed by atoms with E-state index in [1.54, 1.807) is 30.5 Å². The third-order valence-electron chi connectivity index (χ3n) is 9.04. The van der Waals surface area contributed by atoms with Gasteiger partial charge in [-0.15, -0.1) is 6.58 Å². The van der Waals surface area contributed by atoms with Crippen molar-refractivity contribution in [2.75, 3.05) is 24.5 Å². The van der Waals surface area contributed by atoms with Crippen molar-refractivity contribution < 1.29 is 15.0 Å². The Hall–Kier alpha value is -4.87. The van der Waals surface area contributed by atoms with Gasteiger partial charge < -0.3 is 14.2 Å². The van der Waals surface area contributed by atoms with Gasteiger partial charge >= 0.3 is 0 Å². The van der Waals surface area contributed by atoms with Gasteiger partial charge in [0.15, 0.2) is 0 Å². The molecule has 4 aromatic rings. The first-order valence-electron chi connectivity index (χ1n) is 16.1. The molecule has 1 aliphatic carbocycles. The smallest absolute Gasteiger partial charge is 0.203 e. The predicted octanol–water partition coefficient (Wildman–Crippen LogP) is 8.15. The van der Waals surface area contributed by atoms with E-state index in [4.69, 9.17) is 19.6 Å². The van der Waals surface area contributed by atoms with E-state index < -0.39 is 0 Å². The number of allylic oxidation sites excluding steroid dienone is 2. The van der Waals surface area contributed by atoms with Crippen LogP contribution in [0.1, 0.15) is 77.4 Å². The molecule has 1 saturated heterocycles. The molecule has 47 heavy (non-hydrogen) atoms. The molecule has 0 unspecified atom stereocenters. The molecule has 7 nitrogen and oxygen atoms in total. The summed E-state index contributed by atoms with van der Waals surface area (Å²) in [6.07, 6.45) is 9.65. The summed E-state index contributed by atoms with van der Waals surface area (Å²) in [6, 6.07) is 20.4. The highest BCUT2D eigenvalue weighted by atomic mass is 19.1. The van der Waals surface area contributed by atoms with Crippen LogP contribution in [-0.4, -0.2) is 45.8 Å². The number of anilines is 1. The fraction of sp³-hybridized carbons (Fsp3) is 0.333. The van der Waals surface area contributed by atoms with Crippen LogP contribution < -0.4 is 4.90 Å². The lowest BCUT2D eigenvalue weighted by molar-refractivity contribution is 0.104. The summed E-state index contributed by atoms with van der Waals surface area (Å²) in [6.45, 7) is 15.0. The van der Waals surface area contributed by atoms with Crippen LogP contribution in [-0.2, 0) is 13.0 Å². The Bertz CT molecular complexity index is 1750. The van der Waals surface area contributed by atoms with Gasteiger partial charge in [0.1, 0.15) is 23.1 Å². The molecule has 1 aliphatic heterocycles. The minimum atomic E-state index is -0.339. The highest BCUT2D eigenvalue weighted by molar-refractivity contribution is 6.02. The number of aromatic nitrogens is 2. The second kappa shape index (κ2) is 15.1. The Labute approximate surface area is 278 Å². The van der Waals surface area contributed by atoms with Crippen LogP contribution in [0.25, 0.3) is 0 Å². The molecule has 2 fully saturated rings. The molecule has 0 spiro atoms. The molecule has 6 rings (SSSR count). The van der Waals surface area contributed by atoms with Gasteiger partial charge in [-0.25, -0.2) is 9.37 Å². The number of furan rings is 1. The summed E-state index contributed by atoms with van der Waals surface area (Å²) >= 11 is 0. The molecule has 0 radical (unpaired) electrons. The average molecular weight is 634 g/mol. The molecule has 0 amide bonds. The molecule has 8 heteroatoms. The molecule has 0 atom stereocenters. The van der Waals surface area contributed by atoms with Gasteiger partial charge in [0.05, 0.1) is 30.0 Å². The molecular weight excluding hydrogens is 589 g/mol. The number of nitriles is 1. The van der Waals surface area contributed by atoms with Crippen LogP contribution in [0, 0.1) is 31.0 Å². The average Bonchev–Trinajstić information content (AvgIpc) is 3.67. The van der Waals surface area contributed by atoms with Crippen LogP contribution in [0.2, 0.25) is 0 Å². The lowest BCUT2D eigenvalue weighted by Crippen LogP contribution is -2.48. The van der Waals surface area contributed by atoms with E-state index in [-0.39, 0.29) is 18.6 Å². The van der Waals surface area contributed by atoms with Crippen LogP contribution in [0.5, 0.6) is 0 Å². The largest absolute Gasteiger partial charge is 0.467 e. The molecular formula is C39H44FN5O2. The maximum atomic E-state index is 13.0. The summed E-state index contributed by atoms with van der Waals surface area (Å²) in [5.41, 5.74) is 4.74. The van der Waals surface area contributed by atoms with E-state index in [1.165, 1.54) is 17.8 Å². The van der Waals surface area contributed by atoms with Crippen LogP contribution in [0.3, 0.4) is 0 Å². The van der Waals surface area contributed by atoms with Crippen molar-refractivity contribution in [2.24, 2.45) is 0 Å². The molecule has 1 aromatic carbocycles. The van der Waals surface area contributed by atoms with Crippen molar-refractivity contribution in [2.45, 2.75) is 64.0 Å². The number of pyridine rings is 2. The standard InChI is InChI=1S/C29H34N4O2.C10H8FN.H2/c1-4-27(34)26-11-10-21(2)28(31-26)33(19-24-8-6-18-35-24)29(14-15-29)20-32-16-12-23(13-17-32)25-9-5-7-22(3)30-25;1-2-3-9-5-4-8(7-12)6-10(9)11;/h4-11,18,23H,1,12-17,19-20H2,2-3H3;2,4-6H,1,3H2;1H. The number of carbonyl (C=O) groups is 1. The minimum absolute atomic E-state index is 0. The second-order valence-corrected chi connectivity index (χ2v) is 12.5. The number of ketones is 1. The van der Waals surface area contributed by atoms with Crippen LogP contribution in [0.4, 0.5) is 10.2 Å². The Morgan fingerprint density at radius 1 is 1.13 bits per heavy atom. The summed E-state index contributed by atoms with van der Waals surface area (Å²) < 4.78 is 18.8. The fourth-order valence-electron chi connectivity index (χ4n) is 6.25. The van der Waals surface area contributed by atoms with Gasteiger partial charge in [0, 0.05) is 25.3 Å². The van der Waals surface area contributed by atoms with Crippen LogP contribution in [0.15, 0.2) is 96.7 Å². The SMILES string of the molecule is C=CC(=O)c1ccc(C)c(N(Cc2ccco2)C2(CN3CCC(c4cccc(C)n4)CC3)CC2)n1.C=CCc1ccc(C#N)cc1F.[HH]. The molecule has 3 aromatic heterocycles. The normalized spacial score (nSPS) is 15.5. The number of hydrogen-bond donors (Lipinski definition) is 0. The zero-order chi connectivity index (χ0) is 33.4. The first-order chi connectivity index (χ1) is 22.7. The van der Waals surface area contributed by atoms with E-state index in [0.29, 0.717) is 35.7 Å². The summed E-state index contributed by atoms with van der Waals surface area (Å²) in [5.74, 6) is 1.81. The number of nitrogens with zero attached hydrogens (tertiary/aromatic N) is 5. The zero-order valence-electron chi connectivity index (χ0n) is 27.3. The number of piperidine rings is 1. The van der Waals surface area contributed by atoms with E-state index in [2.05, 4.69) is 55.0 Å². The van der Waals surface area contributed by atoms with Crippen molar-refractivity contribution in [3.63, 3.8) is 0 Å². The highest BCUT2D eigenvalue weighted by Gasteiger charge is 2.50. The van der Waals surface area contributed by atoms with Crippen molar-refractivity contribution in [3.8, 4) is 6.07 Å². The van der Waals surface area contributed by atoms with Gasteiger partial charge in [-0.3, -0.25) is 9.78 Å². The van der Waals surface area contributed by atoms with Gasteiger partial charge in [-0.1, -0.05) is 30.9 Å². The van der Waals surface area contributed by atoms with Gasteiger partial charge in [0.2, 0.25) is 5.78 Å². The quantitative estimate of drug-likeness (QED) is 0.0936. The Morgan fingerprint density at radius 2 is 1.91 bits per heavy atom. The van der Waals surface area contributed by atoms with Gasteiger partial charge in [-0.2, -0.15) is 5.26 Å². The molecule has 244 valence electrons. The number of carbonyl (C=O) groups excluding carboxylic acids is 1. The number of hydrogen-bond acceptors (Lipinski definition) is 7. The minimum Gasteiger partial charge on any atom is -0.467 e. The number of rotatable bonds is 11. The van der Waals surface area contributed by atoms with Crippen molar-refractivity contribution >= 4 is 11.6 Å². The molecule has 0 bridgehead atoms. The maximum Gasteiger partial charge on any atom is 0.203 e. The monoisotopic (exact) mass is 633 g/mol. The summed E-state index contributed by atoms with van der Waals surface area (Å²) in [5, 5.41) is 8.45. The van der Waals surface area contributed by atoms with Gasteiger partial charge in [0.25, 0.3) is 0 Å². The molecule has 0 N–H and O–H groups in total. The van der Waals surface area contributed by atoms with E-state index in [9.17, 15) is 9.18 Å². The molecule has 1 saturated carbocycles. The Morgan fingerprint density at radius 3 is 2.53 bits per heavy atom. The maximum absolute atomic E-state index is 13.0. The van der Waals surface area contributed by atoms with Crippen molar-refractivity contribution in [3.05, 3.63) is 138 Å². The number of aryl methyl sites for hydroxylation is 2. The summed E-state index contributed by atoms with van der Waals surface area (Å²) in [4.78, 5) is 26.9. The van der Waals surface area contributed by atoms with Crippen LogP contribution >= 0.6 is 0 Å². The first-order valence-corrected chi connectivity index (χ1v) is 16.1. The van der Waals surface area contributed by atoms with E-state index in [0.717, 1.165) is 68.2 Å². The zero-order valence-corrected chi connectivity index (χ0v) is 27.3. The van der Waals surface area contributed by atoms with Crippen molar-refractivity contribution in [1.82, 2.24) is 14.9 Å². The first kappa shape index (κ1) is 33.5. The summed E-state index contributed by atoms with van der Waals surface area (Å²) in [7, 11) is 0. The molecule has 2 aliphatic rings.